The maximum Gasteiger partial charge on any atom is 0.244 e. The summed E-state index contributed by atoms with van der Waals surface area (Å²) < 4.78 is 0. The predicted molar refractivity (Wildman–Crippen MR) is 94.3 cm³/mol. The maximum atomic E-state index is 12.3. The molecule has 126 valence electrons. The smallest absolute Gasteiger partial charge is 0.244 e. The van der Waals surface area contributed by atoms with Crippen LogP contribution in [0, 0.1) is 11.3 Å². The average molecular weight is 335 g/mol. The van der Waals surface area contributed by atoms with Crippen molar-refractivity contribution in [1.82, 2.24) is 0 Å². The first-order valence-electron chi connectivity index (χ1n) is 7.60. The number of hydrogen-bond donors (Lipinski definition) is 1. The number of hydrogen-bond acceptors (Lipinski definition) is 4. The van der Waals surface area contributed by atoms with Crippen molar-refractivity contribution in [1.29, 1.82) is 5.26 Å². The molecule has 1 N–H and O–H groups in total. The fraction of sp³-hybridized carbons (Fsp3) is 0.158. The van der Waals surface area contributed by atoms with E-state index in [9.17, 15) is 14.4 Å². The van der Waals surface area contributed by atoms with Gasteiger partial charge in [-0.15, -0.1) is 0 Å². The van der Waals surface area contributed by atoms with E-state index in [0.29, 0.717) is 22.5 Å². The van der Waals surface area contributed by atoms with Crippen molar-refractivity contribution >= 4 is 29.0 Å². The van der Waals surface area contributed by atoms with Gasteiger partial charge in [0.2, 0.25) is 11.8 Å². The van der Waals surface area contributed by atoms with Crippen LogP contribution in [-0.2, 0) is 9.59 Å². The van der Waals surface area contributed by atoms with Crippen LogP contribution in [0.5, 0.6) is 0 Å². The molecule has 0 saturated carbocycles. The van der Waals surface area contributed by atoms with Gasteiger partial charge in [-0.1, -0.05) is 12.1 Å². The van der Waals surface area contributed by atoms with Crippen LogP contribution >= 0.6 is 0 Å². The Morgan fingerprint density at radius 1 is 1.08 bits per heavy atom. The fourth-order valence-corrected chi connectivity index (χ4v) is 2.26. The standard InChI is InChI=1S/C19H17N3O3/c1-13(23)16-4-3-5-17(10-16)21-19(25)12-22(14(2)24)18-8-6-15(11-20)7-9-18/h3-10H,12H2,1-2H3,(H,21,25). The molecule has 0 spiro atoms. The topological polar surface area (TPSA) is 90.3 Å². The number of carbonyl (C=O) groups excluding carboxylic acids is 3. The van der Waals surface area contributed by atoms with Crippen molar-refractivity contribution in [3.8, 4) is 6.07 Å². The third kappa shape index (κ3) is 4.75. The molecule has 0 atom stereocenters. The van der Waals surface area contributed by atoms with Crippen molar-refractivity contribution in [2.45, 2.75) is 13.8 Å². The highest BCUT2D eigenvalue weighted by molar-refractivity contribution is 6.02. The zero-order chi connectivity index (χ0) is 18.4. The number of carbonyl (C=O) groups is 3. The number of rotatable bonds is 5. The molecule has 25 heavy (non-hydrogen) atoms. The lowest BCUT2D eigenvalue weighted by molar-refractivity contribution is -0.120. The molecule has 0 aromatic heterocycles. The molecule has 2 aromatic carbocycles. The minimum absolute atomic E-state index is 0.0981. The lowest BCUT2D eigenvalue weighted by Gasteiger charge is -2.20. The zero-order valence-electron chi connectivity index (χ0n) is 13.9. The summed E-state index contributed by atoms with van der Waals surface area (Å²) in [4.78, 5) is 36.8. The summed E-state index contributed by atoms with van der Waals surface area (Å²) in [6.07, 6.45) is 0. The molecular formula is C19H17N3O3. The second kappa shape index (κ2) is 7.88. The second-order valence-corrected chi connectivity index (χ2v) is 5.45. The largest absolute Gasteiger partial charge is 0.325 e. The molecule has 0 aliphatic carbocycles. The Balaban J connectivity index is 2.12. The monoisotopic (exact) mass is 335 g/mol. The molecule has 2 amide bonds. The minimum Gasteiger partial charge on any atom is -0.325 e. The Morgan fingerprint density at radius 2 is 1.76 bits per heavy atom. The Hall–Kier alpha value is -3.46. The first-order valence-corrected chi connectivity index (χ1v) is 7.60. The normalized spacial score (nSPS) is 9.80. The van der Waals surface area contributed by atoms with Crippen LogP contribution < -0.4 is 10.2 Å². The van der Waals surface area contributed by atoms with Gasteiger partial charge in [0.15, 0.2) is 5.78 Å². The summed E-state index contributed by atoms with van der Waals surface area (Å²) in [6.45, 7) is 2.64. The molecule has 0 unspecified atom stereocenters. The van der Waals surface area contributed by atoms with Crippen LogP contribution in [0.2, 0.25) is 0 Å². The van der Waals surface area contributed by atoms with Gasteiger partial charge >= 0.3 is 0 Å². The number of nitriles is 1. The summed E-state index contributed by atoms with van der Waals surface area (Å²) in [5.74, 6) is -0.781. The van der Waals surface area contributed by atoms with Gasteiger partial charge in [0.05, 0.1) is 11.6 Å². The van der Waals surface area contributed by atoms with Crippen molar-refractivity contribution < 1.29 is 14.4 Å². The highest BCUT2D eigenvalue weighted by Gasteiger charge is 2.16. The van der Waals surface area contributed by atoms with Crippen molar-refractivity contribution in [2.75, 3.05) is 16.8 Å². The van der Waals surface area contributed by atoms with E-state index in [1.54, 1.807) is 48.5 Å². The van der Waals surface area contributed by atoms with Gasteiger partial charge in [0, 0.05) is 23.9 Å². The van der Waals surface area contributed by atoms with E-state index in [1.807, 2.05) is 6.07 Å². The number of benzene rings is 2. The lowest BCUT2D eigenvalue weighted by atomic mass is 10.1. The van der Waals surface area contributed by atoms with Crippen LogP contribution in [-0.4, -0.2) is 24.1 Å². The fourth-order valence-electron chi connectivity index (χ4n) is 2.26. The van der Waals surface area contributed by atoms with Crippen LogP contribution in [0.25, 0.3) is 0 Å². The molecule has 0 bridgehead atoms. The van der Waals surface area contributed by atoms with Crippen molar-refractivity contribution in [3.05, 3.63) is 59.7 Å². The van der Waals surface area contributed by atoms with Gasteiger partial charge in [0.1, 0.15) is 6.54 Å². The van der Waals surface area contributed by atoms with Gasteiger partial charge in [0.25, 0.3) is 0 Å². The van der Waals surface area contributed by atoms with E-state index in [2.05, 4.69) is 5.32 Å². The van der Waals surface area contributed by atoms with Crippen LogP contribution in [0.4, 0.5) is 11.4 Å². The van der Waals surface area contributed by atoms with Crippen LogP contribution in [0.15, 0.2) is 48.5 Å². The van der Waals surface area contributed by atoms with E-state index in [1.165, 1.54) is 18.7 Å². The first-order chi connectivity index (χ1) is 11.9. The molecule has 6 nitrogen and oxygen atoms in total. The summed E-state index contributed by atoms with van der Waals surface area (Å²) >= 11 is 0. The number of anilines is 2. The number of amides is 2. The number of nitrogens with one attached hydrogen (secondary N) is 1. The Labute approximate surface area is 145 Å². The maximum absolute atomic E-state index is 12.3. The molecular weight excluding hydrogens is 318 g/mol. The third-order valence-electron chi connectivity index (χ3n) is 3.54. The van der Waals surface area contributed by atoms with E-state index < -0.39 is 0 Å². The first kappa shape index (κ1) is 17.9. The van der Waals surface area contributed by atoms with Gasteiger partial charge in [-0.2, -0.15) is 5.26 Å². The molecule has 0 radical (unpaired) electrons. The highest BCUT2D eigenvalue weighted by atomic mass is 16.2. The predicted octanol–water partition coefficient (Wildman–Crippen LogP) is 2.75. The summed E-state index contributed by atoms with van der Waals surface area (Å²) in [6, 6.07) is 15.0. The van der Waals surface area contributed by atoms with Gasteiger partial charge in [-0.05, 0) is 43.3 Å². The summed E-state index contributed by atoms with van der Waals surface area (Å²) in [5.41, 5.74) is 1.98. The van der Waals surface area contributed by atoms with Gasteiger partial charge in [-0.25, -0.2) is 0 Å². The molecule has 0 aliphatic rings. The molecule has 2 aromatic rings. The van der Waals surface area contributed by atoms with Gasteiger partial charge < -0.3 is 10.2 Å². The molecule has 6 heteroatoms. The summed E-state index contributed by atoms with van der Waals surface area (Å²) in [7, 11) is 0. The molecule has 0 heterocycles. The Bertz CT molecular complexity index is 851. The number of nitrogens with zero attached hydrogens (tertiary/aromatic N) is 2. The van der Waals surface area contributed by atoms with E-state index in [0.717, 1.165) is 0 Å². The Morgan fingerprint density at radius 3 is 2.32 bits per heavy atom. The molecule has 0 saturated heterocycles. The van der Waals surface area contributed by atoms with Crippen LogP contribution in [0.1, 0.15) is 29.8 Å². The zero-order valence-corrected chi connectivity index (χ0v) is 13.9. The van der Waals surface area contributed by atoms with Crippen molar-refractivity contribution in [3.63, 3.8) is 0 Å². The third-order valence-corrected chi connectivity index (χ3v) is 3.54. The molecule has 2 rings (SSSR count). The quantitative estimate of drug-likeness (QED) is 0.851. The number of Topliss-reactive ketones (excluding diaryl/α,β-unsaturated/α-hetero) is 1. The highest BCUT2D eigenvalue weighted by Crippen LogP contribution is 2.16. The minimum atomic E-state index is -0.389. The van der Waals surface area contributed by atoms with E-state index >= 15 is 0 Å². The molecule has 0 aliphatic heterocycles. The van der Waals surface area contributed by atoms with E-state index in [-0.39, 0.29) is 24.1 Å². The average Bonchev–Trinajstić information content (AvgIpc) is 2.60. The Kier molecular flexibility index (Phi) is 5.64. The van der Waals surface area contributed by atoms with Crippen LogP contribution in [0.3, 0.4) is 0 Å². The lowest BCUT2D eigenvalue weighted by Crippen LogP contribution is -2.36. The summed E-state index contributed by atoms with van der Waals surface area (Å²) in [5, 5.41) is 11.5. The van der Waals surface area contributed by atoms with Gasteiger partial charge in [-0.3, -0.25) is 14.4 Å². The SMILES string of the molecule is CC(=O)c1cccc(NC(=O)CN(C(C)=O)c2ccc(C#N)cc2)c1. The number of ketones is 1. The second-order valence-electron chi connectivity index (χ2n) is 5.45. The molecule has 0 fully saturated rings. The van der Waals surface area contributed by atoms with E-state index in [4.69, 9.17) is 5.26 Å². The van der Waals surface area contributed by atoms with Crippen molar-refractivity contribution in [2.24, 2.45) is 0 Å².